The molecule has 0 aliphatic carbocycles. The van der Waals surface area contributed by atoms with Crippen LogP contribution in [0, 0.1) is 11.8 Å². The minimum Gasteiger partial charge on any atom is -0.480 e. The van der Waals surface area contributed by atoms with Crippen LogP contribution in [0.1, 0.15) is 40.5 Å². The molecule has 0 saturated carbocycles. The second-order valence-electron chi connectivity index (χ2n) is 7.42. The summed E-state index contributed by atoms with van der Waals surface area (Å²) >= 11 is 1.52. The van der Waals surface area contributed by atoms with Crippen LogP contribution in [0.15, 0.2) is 0 Å². The second kappa shape index (κ2) is 13.4. The molecule has 0 rings (SSSR count). The van der Waals surface area contributed by atoms with E-state index in [1.165, 1.54) is 11.8 Å². The quantitative estimate of drug-likeness (QED) is 0.281. The van der Waals surface area contributed by atoms with Crippen molar-refractivity contribution in [3.63, 3.8) is 0 Å². The number of carbonyl (C=O) groups is 4. The standard InChI is InChI=1S/C18H34N4O5S/c1-10(2)8-13(18(26)27)21-14(23)9-20-16(24)12(6-7-28-5)22-17(25)15(19)11(3)4/h10-13,15H,6-9,19H2,1-5H3,(H,20,24)(H,21,23)(H,22,25)(H,26,27). The lowest BCUT2D eigenvalue weighted by Gasteiger charge is -2.22. The number of hydrogen-bond acceptors (Lipinski definition) is 6. The highest BCUT2D eigenvalue weighted by Crippen LogP contribution is 2.05. The SMILES string of the molecule is CSCCC(NC(=O)C(N)C(C)C)C(=O)NCC(=O)NC(CC(C)C)C(=O)O. The van der Waals surface area contributed by atoms with Gasteiger partial charge in [-0.15, -0.1) is 0 Å². The predicted octanol–water partition coefficient (Wildman–Crippen LogP) is -0.0607. The fourth-order valence-corrected chi connectivity index (χ4v) is 2.78. The highest BCUT2D eigenvalue weighted by atomic mass is 32.2. The van der Waals surface area contributed by atoms with E-state index in [2.05, 4.69) is 16.0 Å². The Kier molecular flexibility index (Phi) is 12.5. The molecule has 0 radical (unpaired) electrons. The molecule has 0 spiro atoms. The molecule has 0 fully saturated rings. The lowest BCUT2D eigenvalue weighted by Crippen LogP contribution is -2.54. The highest BCUT2D eigenvalue weighted by molar-refractivity contribution is 7.98. The van der Waals surface area contributed by atoms with Crippen molar-refractivity contribution in [3.8, 4) is 0 Å². The zero-order valence-corrected chi connectivity index (χ0v) is 18.1. The maximum absolute atomic E-state index is 12.4. The van der Waals surface area contributed by atoms with Gasteiger partial charge in [-0.25, -0.2) is 4.79 Å². The number of amides is 3. The van der Waals surface area contributed by atoms with Gasteiger partial charge in [0.2, 0.25) is 17.7 Å². The lowest BCUT2D eigenvalue weighted by atomic mass is 10.0. The topological polar surface area (TPSA) is 151 Å². The Morgan fingerprint density at radius 3 is 2.07 bits per heavy atom. The Labute approximate surface area is 170 Å². The average molecular weight is 419 g/mol. The molecule has 28 heavy (non-hydrogen) atoms. The average Bonchev–Trinajstić information content (AvgIpc) is 2.60. The third-order valence-electron chi connectivity index (χ3n) is 4.03. The summed E-state index contributed by atoms with van der Waals surface area (Å²) in [4.78, 5) is 47.8. The van der Waals surface area contributed by atoms with Crippen LogP contribution in [0.4, 0.5) is 0 Å². The molecular weight excluding hydrogens is 384 g/mol. The number of nitrogens with two attached hydrogens (primary N) is 1. The summed E-state index contributed by atoms with van der Waals surface area (Å²) in [6.07, 6.45) is 2.55. The zero-order valence-electron chi connectivity index (χ0n) is 17.3. The predicted molar refractivity (Wildman–Crippen MR) is 110 cm³/mol. The van der Waals surface area contributed by atoms with Crippen LogP contribution in [0.3, 0.4) is 0 Å². The van der Waals surface area contributed by atoms with Gasteiger partial charge in [-0.2, -0.15) is 11.8 Å². The number of thioether (sulfide) groups is 1. The largest absolute Gasteiger partial charge is 0.480 e. The summed E-state index contributed by atoms with van der Waals surface area (Å²) in [6.45, 7) is 6.95. The normalized spacial score (nSPS) is 14.3. The van der Waals surface area contributed by atoms with Gasteiger partial charge in [0.1, 0.15) is 12.1 Å². The van der Waals surface area contributed by atoms with E-state index >= 15 is 0 Å². The number of carboxylic acids is 1. The van der Waals surface area contributed by atoms with Crippen LogP contribution in [-0.2, 0) is 19.2 Å². The maximum atomic E-state index is 12.4. The molecule has 3 amide bonds. The molecule has 0 aliphatic rings. The van der Waals surface area contributed by atoms with E-state index in [-0.39, 0.29) is 24.8 Å². The first kappa shape index (κ1) is 26.2. The number of aliphatic carboxylic acids is 1. The molecule has 0 aromatic carbocycles. The zero-order chi connectivity index (χ0) is 21.9. The van der Waals surface area contributed by atoms with Crippen LogP contribution in [0.5, 0.6) is 0 Å². The second-order valence-corrected chi connectivity index (χ2v) is 8.40. The number of nitrogens with one attached hydrogen (secondary N) is 3. The summed E-state index contributed by atoms with van der Waals surface area (Å²) in [5.41, 5.74) is 5.81. The molecule has 10 heteroatoms. The van der Waals surface area contributed by atoms with Gasteiger partial charge in [0, 0.05) is 0 Å². The van der Waals surface area contributed by atoms with Crippen LogP contribution < -0.4 is 21.7 Å². The molecule has 6 N–H and O–H groups in total. The van der Waals surface area contributed by atoms with Gasteiger partial charge in [-0.3, -0.25) is 14.4 Å². The number of hydrogen-bond donors (Lipinski definition) is 5. The van der Waals surface area contributed by atoms with Crippen molar-refractivity contribution < 1.29 is 24.3 Å². The Morgan fingerprint density at radius 2 is 1.61 bits per heavy atom. The Morgan fingerprint density at radius 1 is 1.00 bits per heavy atom. The van der Waals surface area contributed by atoms with E-state index in [1.807, 2.05) is 34.0 Å². The van der Waals surface area contributed by atoms with Gasteiger partial charge < -0.3 is 26.8 Å². The number of carbonyl (C=O) groups excluding carboxylic acids is 3. The van der Waals surface area contributed by atoms with Crippen molar-refractivity contribution in [1.82, 2.24) is 16.0 Å². The molecule has 162 valence electrons. The first-order valence-electron chi connectivity index (χ1n) is 9.34. The van der Waals surface area contributed by atoms with Crippen molar-refractivity contribution >= 4 is 35.5 Å². The molecule has 3 atom stereocenters. The molecule has 0 bridgehead atoms. The van der Waals surface area contributed by atoms with Gasteiger partial charge in [0.05, 0.1) is 12.6 Å². The van der Waals surface area contributed by atoms with Gasteiger partial charge in [-0.1, -0.05) is 27.7 Å². The highest BCUT2D eigenvalue weighted by Gasteiger charge is 2.26. The minimum atomic E-state index is -1.12. The van der Waals surface area contributed by atoms with E-state index < -0.39 is 41.8 Å². The Bertz CT molecular complexity index is 542. The van der Waals surface area contributed by atoms with E-state index in [0.29, 0.717) is 12.2 Å². The summed E-state index contributed by atoms with van der Waals surface area (Å²) in [5, 5.41) is 16.6. The fraction of sp³-hybridized carbons (Fsp3) is 0.778. The van der Waals surface area contributed by atoms with E-state index in [9.17, 15) is 19.2 Å². The van der Waals surface area contributed by atoms with Crippen LogP contribution in [-0.4, -0.2) is 65.5 Å². The molecule has 3 unspecified atom stereocenters. The maximum Gasteiger partial charge on any atom is 0.326 e. The molecule has 0 aromatic rings. The molecule has 9 nitrogen and oxygen atoms in total. The fourth-order valence-electron chi connectivity index (χ4n) is 2.30. The first-order valence-corrected chi connectivity index (χ1v) is 10.7. The smallest absolute Gasteiger partial charge is 0.326 e. The van der Waals surface area contributed by atoms with Crippen molar-refractivity contribution in [2.45, 2.75) is 58.7 Å². The summed E-state index contributed by atoms with van der Waals surface area (Å²) < 4.78 is 0. The van der Waals surface area contributed by atoms with Crippen molar-refractivity contribution in [1.29, 1.82) is 0 Å². The van der Waals surface area contributed by atoms with Gasteiger partial charge >= 0.3 is 5.97 Å². The van der Waals surface area contributed by atoms with Crippen molar-refractivity contribution in [3.05, 3.63) is 0 Å². The number of rotatable bonds is 13. The molecule has 0 aromatic heterocycles. The minimum absolute atomic E-state index is 0.0797. The summed E-state index contributed by atoms with van der Waals surface area (Å²) in [5.74, 6) is -2.02. The first-order chi connectivity index (χ1) is 13.0. The monoisotopic (exact) mass is 418 g/mol. The third kappa shape index (κ3) is 10.5. The molecular formula is C18H34N4O5S. The van der Waals surface area contributed by atoms with Crippen LogP contribution in [0.25, 0.3) is 0 Å². The van der Waals surface area contributed by atoms with Crippen molar-refractivity contribution in [2.75, 3.05) is 18.6 Å². The third-order valence-corrected chi connectivity index (χ3v) is 4.67. The van der Waals surface area contributed by atoms with Crippen LogP contribution in [0.2, 0.25) is 0 Å². The van der Waals surface area contributed by atoms with Crippen LogP contribution >= 0.6 is 11.8 Å². The lowest BCUT2D eigenvalue weighted by molar-refractivity contribution is -0.142. The Balaban J connectivity index is 4.78. The van der Waals surface area contributed by atoms with Gasteiger partial charge in [-0.05, 0) is 36.7 Å². The van der Waals surface area contributed by atoms with Gasteiger partial charge in [0.25, 0.3) is 0 Å². The summed E-state index contributed by atoms with van der Waals surface area (Å²) in [6, 6.07) is -2.57. The molecule has 0 saturated heterocycles. The molecule has 0 heterocycles. The van der Waals surface area contributed by atoms with E-state index in [1.54, 1.807) is 0 Å². The number of carboxylic acid groups (broad SMARTS) is 1. The Hall–Kier alpha value is -1.81. The van der Waals surface area contributed by atoms with E-state index in [4.69, 9.17) is 10.8 Å². The van der Waals surface area contributed by atoms with Crippen molar-refractivity contribution in [2.24, 2.45) is 17.6 Å². The van der Waals surface area contributed by atoms with Gasteiger partial charge in [0.15, 0.2) is 0 Å². The molecule has 0 aliphatic heterocycles. The van der Waals surface area contributed by atoms with E-state index in [0.717, 1.165) is 0 Å². The summed E-state index contributed by atoms with van der Waals surface area (Å²) in [7, 11) is 0.